The molecule has 1 fully saturated rings. The monoisotopic (exact) mass is 431 g/mol. The summed E-state index contributed by atoms with van der Waals surface area (Å²) in [5.41, 5.74) is 3.70. The number of carbonyl (C=O) groups is 1. The second kappa shape index (κ2) is 8.69. The van der Waals surface area contributed by atoms with Gasteiger partial charge in [-0.3, -0.25) is 14.3 Å². The van der Waals surface area contributed by atoms with Gasteiger partial charge in [0.05, 0.1) is 12.3 Å². The van der Waals surface area contributed by atoms with Crippen LogP contribution in [0.25, 0.3) is 16.6 Å². The zero-order valence-electron chi connectivity index (χ0n) is 17.5. The predicted octanol–water partition coefficient (Wildman–Crippen LogP) is 4.63. The molecule has 0 spiro atoms. The molecular formula is C24H25N5OS. The molecule has 3 heterocycles. The first-order chi connectivity index (χ1) is 15.2. The fourth-order valence-corrected chi connectivity index (χ4v) is 5.15. The number of ketones is 1. The summed E-state index contributed by atoms with van der Waals surface area (Å²) >= 11 is 1.45. The van der Waals surface area contributed by atoms with Gasteiger partial charge in [0.1, 0.15) is 0 Å². The fraction of sp³-hybridized carbons (Fsp3) is 0.292. The third-order valence-corrected chi connectivity index (χ3v) is 6.71. The standard InChI is InChI=1S/C24H25N5OS/c1-17-23(19-11-5-6-12-20(19)25-17)21(30)16-31-24-27-26-22(15-28-13-7-8-14-28)29(24)18-9-3-2-4-10-18/h2-6,9-12,25H,7-8,13-16H2,1H3. The predicted molar refractivity (Wildman–Crippen MR) is 124 cm³/mol. The van der Waals surface area contributed by atoms with Gasteiger partial charge in [-0.2, -0.15) is 0 Å². The number of para-hydroxylation sites is 2. The Bertz CT molecular complexity index is 1210. The van der Waals surface area contributed by atoms with Crippen molar-refractivity contribution in [2.75, 3.05) is 18.8 Å². The van der Waals surface area contributed by atoms with Crippen LogP contribution in [0.1, 0.15) is 34.7 Å². The number of benzene rings is 2. The van der Waals surface area contributed by atoms with E-state index in [1.807, 2.05) is 49.4 Å². The Kier molecular flexibility index (Phi) is 5.61. The van der Waals surface area contributed by atoms with Crippen LogP contribution in [0.2, 0.25) is 0 Å². The molecule has 0 unspecified atom stereocenters. The molecular weight excluding hydrogens is 406 g/mol. The number of Topliss-reactive ketones (excluding diaryl/α,β-unsaturated/α-hetero) is 1. The van der Waals surface area contributed by atoms with E-state index >= 15 is 0 Å². The van der Waals surface area contributed by atoms with Crippen molar-refractivity contribution in [2.45, 2.75) is 31.5 Å². The van der Waals surface area contributed by atoms with Gasteiger partial charge in [-0.1, -0.05) is 48.2 Å². The molecule has 1 N–H and O–H groups in total. The third kappa shape index (κ3) is 4.03. The number of hydrogen-bond acceptors (Lipinski definition) is 5. The summed E-state index contributed by atoms with van der Waals surface area (Å²) in [5, 5.41) is 10.7. The normalized spacial score (nSPS) is 14.5. The molecule has 1 saturated heterocycles. The van der Waals surface area contributed by atoms with E-state index in [0.29, 0.717) is 5.75 Å². The van der Waals surface area contributed by atoms with Crippen LogP contribution in [0.4, 0.5) is 0 Å². The zero-order valence-corrected chi connectivity index (χ0v) is 18.4. The first-order valence-electron chi connectivity index (χ1n) is 10.7. The molecule has 2 aromatic heterocycles. The average Bonchev–Trinajstić information content (AvgIpc) is 3.51. The lowest BCUT2D eigenvalue weighted by atomic mass is 10.1. The van der Waals surface area contributed by atoms with Crippen molar-refractivity contribution >= 4 is 28.4 Å². The number of carbonyl (C=O) groups excluding carboxylic acids is 1. The number of likely N-dealkylation sites (tertiary alicyclic amines) is 1. The minimum atomic E-state index is 0.101. The number of nitrogens with zero attached hydrogens (tertiary/aromatic N) is 4. The summed E-state index contributed by atoms with van der Waals surface area (Å²) in [7, 11) is 0. The molecule has 1 aliphatic heterocycles. The van der Waals surface area contributed by atoms with Gasteiger partial charge in [0.15, 0.2) is 16.8 Å². The Morgan fingerprint density at radius 2 is 1.77 bits per heavy atom. The summed E-state index contributed by atoms with van der Waals surface area (Å²) < 4.78 is 2.10. The molecule has 6 nitrogen and oxygen atoms in total. The lowest BCUT2D eigenvalue weighted by Crippen LogP contribution is -2.21. The molecule has 0 bridgehead atoms. The third-order valence-electron chi connectivity index (χ3n) is 5.78. The van der Waals surface area contributed by atoms with Crippen LogP contribution >= 0.6 is 11.8 Å². The van der Waals surface area contributed by atoms with E-state index in [2.05, 4.69) is 36.8 Å². The van der Waals surface area contributed by atoms with Gasteiger partial charge < -0.3 is 4.98 Å². The van der Waals surface area contributed by atoms with Gasteiger partial charge in [0, 0.05) is 27.8 Å². The van der Waals surface area contributed by atoms with Crippen LogP contribution in [-0.4, -0.2) is 49.3 Å². The number of thioether (sulfide) groups is 1. The number of hydrogen-bond donors (Lipinski definition) is 1. The quantitative estimate of drug-likeness (QED) is 0.341. The van der Waals surface area contributed by atoms with Crippen LogP contribution in [-0.2, 0) is 6.54 Å². The highest BCUT2D eigenvalue weighted by Crippen LogP contribution is 2.27. The van der Waals surface area contributed by atoms with Crippen LogP contribution < -0.4 is 0 Å². The van der Waals surface area contributed by atoms with Crippen LogP contribution in [0.15, 0.2) is 59.8 Å². The van der Waals surface area contributed by atoms with Crippen molar-refractivity contribution in [2.24, 2.45) is 0 Å². The first-order valence-corrected chi connectivity index (χ1v) is 11.6. The van der Waals surface area contributed by atoms with Crippen LogP contribution in [0.3, 0.4) is 0 Å². The highest BCUT2D eigenvalue weighted by atomic mass is 32.2. The Morgan fingerprint density at radius 1 is 1.03 bits per heavy atom. The second-order valence-electron chi connectivity index (χ2n) is 7.94. The van der Waals surface area contributed by atoms with E-state index < -0.39 is 0 Å². The van der Waals surface area contributed by atoms with Crippen molar-refractivity contribution in [1.82, 2.24) is 24.6 Å². The lowest BCUT2D eigenvalue weighted by molar-refractivity contribution is 0.102. The van der Waals surface area contributed by atoms with Gasteiger partial charge in [-0.15, -0.1) is 10.2 Å². The molecule has 0 amide bonds. The molecule has 31 heavy (non-hydrogen) atoms. The van der Waals surface area contributed by atoms with Crippen LogP contribution in [0.5, 0.6) is 0 Å². The number of fused-ring (bicyclic) bond motifs is 1. The SMILES string of the molecule is Cc1[nH]c2ccccc2c1C(=O)CSc1nnc(CN2CCCC2)n1-c1ccccc1. The van der Waals surface area contributed by atoms with Gasteiger partial charge in [0.25, 0.3) is 0 Å². The average molecular weight is 432 g/mol. The molecule has 0 radical (unpaired) electrons. The number of H-pyrrole nitrogens is 1. The number of nitrogens with one attached hydrogen (secondary N) is 1. The molecule has 0 atom stereocenters. The van der Waals surface area contributed by atoms with Crippen molar-refractivity contribution in [3.63, 3.8) is 0 Å². The maximum atomic E-state index is 13.1. The summed E-state index contributed by atoms with van der Waals surface area (Å²) in [6.07, 6.45) is 2.47. The molecule has 4 aromatic rings. The van der Waals surface area contributed by atoms with Crippen molar-refractivity contribution < 1.29 is 4.79 Å². The Balaban J connectivity index is 1.41. The van der Waals surface area contributed by atoms with E-state index in [0.717, 1.165) is 58.5 Å². The molecule has 158 valence electrons. The van der Waals surface area contributed by atoms with Gasteiger partial charge in [-0.25, -0.2) is 0 Å². The second-order valence-corrected chi connectivity index (χ2v) is 8.88. The van der Waals surface area contributed by atoms with Crippen LogP contribution in [0, 0.1) is 6.92 Å². The maximum absolute atomic E-state index is 13.1. The van der Waals surface area contributed by atoms with E-state index in [4.69, 9.17) is 0 Å². The summed E-state index contributed by atoms with van der Waals surface area (Å²) in [5.74, 6) is 1.34. The number of aryl methyl sites for hydroxylation is 1. The Morgan fingerprint density at radius 3 is 2.58 bits per heavy atom. The van der Waals surface area contributed by atoms with Gasteiger partial charge >= 0.3 is 0 Å². The molecule has 0 saturated carbocycles. The molecule has 5 rings (SSSR count). The van der Waals surface area contributed by atoms with Gasteiger partial charge in [0.2, 0.25) is 0 Å². The van der Waals surface area contributed by atoms with E-state index in [1.165, 1.54) is 24.6 Å². The Labute approximate surface area is 185 Å². The number of rotatable bonds is 7. The minimum absolute atomic E-state index is 0.101. The molecule has 0 aliphatic carbocycles. The molecule has 7 heteroatoms. The van der Waals surface area contributed by atoms with Crippen molar-refractivity contribution in [3.8, 4) is 5.69 Å². The van der Waals surface area contributed by atoms with E-state index in [9.17, 15) is 4.79 Å². The van der Waals surface area contributed by atoms with Crippen molar-refractivity contribution in [1.29, 1.82) is 0 Å². The number of aromatic nitrogens is 4. The van der Waals surface area contributed by atoms with Gasteiger partial charge in [-0.05, 0) is 51.1 Å². The molecule has 1 aliphatic rings. The highest BCUT2D eigenvalue weighted by molar-refractivity contribution is 7.99. The fourth-order valence-electron chi connectivity index (χ4n) is 4.31. The maximum Gasteiger partial charge on any atom is 0.196 e. The van der Waals surface area contributed by atoms with E-state index in [1.54, 1.807) is 0 Å². The number of aromatic amines is 1. The topological polar surface area (TPSA) is 66.8 Å². The Hall–Kier alpha value is -2.90. The minimum Gasteiger partial charge on any atom is -0.358 e. The van der Waals surface area contributed by atoms with Crippen molar-refractivity contribution in [3.05, 3.63) is 71.7 Å². The lowest BCUT2D eigenvalue weighted by Gasteiger charge is -2.15. The van der Waals surface area contributed by atoms with E-state index in [-0.39, 0.29) is 5.78 Å². The zero-order chi connectivity index (χ0) is 21.2. The smallest absolute Gasteiger partial charge is 0.196 e. The summed E-state index contributed by atoms with van der Waals surface area (Å²) in [4.78, 5) is 18.9. The first kappa shape index (κ1) is 20.0. The highest BCUT2D eigenvalue weighted by Gasteiger charge is 2.21. The molecule has 2 aromatic carbocycles. The largest absolute Gasteiger partial charge is 0.358 e. The summed E-state index contributed by atoms with van der Waals surface area (Å²) in [6.45, 7) is 4.93. The summed E-state index contributed by atoms with van der Waals surface area (Å²) in [6, 6.07) is 18.1.